The van der Waals surface area contributed by atoms with Crippen molar-refractivity contribution in [2.45, 2.75) is 12.8 Å². The Morgan fingerprint density at radius 1 is 1.14 bits per heavy atom. The Balaban J connectivity index is 1.86. The molecule has 0 radical (unpaired) electrons. The van der Waals surface area contributed by atoms with Gasteiger partial charge in [0.15, 0.2) is 0 Å². The second kappa shape index (κ2) is 5.95. The number of allylic oxidation sites excluding steroid dienone is 2. The van der Waals surface area contributed by atoms with Crippen molar-refractivity contribution in [1.29, 1.82) is 0 Å². The van der Waals surface area contributed by atoms with E-state index in [1.54, 1.807) is 11.6 Å². The van der Waals surface area contributed by atoms with Gasteiger partial charge in [-0.25, -0.2) is 4.98 Å². The lowest BCUT2D eigenvalue weighted by atomic mass is 10.2. The average Bonchev–Trinajstić information content (AvgIpc) is 3.02. The predicted molar refractivity (Wildman–Crippen MR) is 86.0 cm³/mol. The van der Waals surface area contributed by atoms with E-state index in [-0.39, 0.29) is 5.56 Å². The first-order chi connectivity index (χ1) is 10.3. The molecule has 0 atom stereocenters. The summed E-state index contributed by atoms with van der Waals surface area (Å²) in [5.41, 5.74) is 0.729. The fourth-order valence-electron chi connectivity index (χ4n) is 2.59. The lowest BCUT2D eigenvalue weighted by Gasteiger charge is -2.09. The van der Waals surface area contributed by atoms with E-state index in [0.717, 1.165) is 18.6 Å². The number of likely N-dealkylation sites (tertiary alicyclic amines) is 1. The molecule has 21 heavy (non-hydrogen) atoms. The number of benzene rings is 1. The molecule has 0 spiro atoms. The molecule has 1 saturated heterocycles. The molecule has 0 amide bonds. The number of fused-ring (bicyclic) bond motifs is 1. The Labute approximate surface area is 124 Å². The smallest absolute Gasteiger partial charge is 0.261 e. The van der Waals surface area contributed by atoms with Crippen molar-refractivity contribution in [3.8, 4) is 0 Å². The molecule has 4 heteroatoms. The SMILES string of the molecule is Cn1c(C=CC=CN2CCCC2)nc2ccccc2c1=O. The van der Waals surface area contributed by atoms with E-state index in [4.69, 9.17) is 0 Å². The summed E-state index contributed by atoms with van der Waals surface area (Å²) < 4.78 is 1.59. The summed E-state index contributed by atoms with van der Waals surface area (Å²) in [5, 5.41) is 0.657. The van der Waals surface area contributed by atoms with Crippen molar-refractivity contribution in [3.05, 3.63) is 58.8 Å². The number of para-hydroxylation sites is 1. The maximum Gasteiger partial charge on any atom is 0.261 e. The summed E-state index contributed by atoms with van der Waals surface area (Å²) in [4.78, 5) is 19.1. The lowest BCUT2D eigenvalue weighted by molar-refractivity contribution is 0.468. The molecule has 2 heterocycles. The normalized spacial score (nSPS) is 15.8. The van der Waals surface area contributed by atoms with E-state index < -0.39 is 0 Å². The van der Waals surface area contributed by atoms with Crippen LogP contribution in [0.3, 0.4) is 0 Å². The molecule has 1 aromatic carbocycles. The molecule has 1 aromatic heterocycles. The molecule has 0 N–H and O–H groups in total. The fraction of sp³-hybridized carbons (Fsp3) is 0.294. The van der Waals surface area contributed by atoms with E-state index in [1.165, 1.54) is 12.8 Å². The van der Waals surface area contributed by atoms with E-state index >= 15 is 0 Å². The van der Waals surface area contributed by atoms with Crippen molar-refractivity contribution >= 4 is 17.0 Å². The van der Waals surface area contributed by atoms with Gasteiger partial charge >= 0.3 is 0 Å². The number of rotatable bonds is 3. The molecule has 1 aliphatic rings. The number of aromatic nitrogens is 2. The molecule has 108 valence electrons. The molecule has 3 rings (SSSR count). The minimum absolute atomic E-state index is 0.0104. The number of hydrogen-bond acceptors (Lipinski definition) is 3. The van der Waals surface area contributed by atoms with Crippen molar-refractivity contribution in [1.82, 2.24) is 14.5 Å². The molecule has 0 unspecified atom stereocenters. The standard InChI is InChI=1S/C17H19N3O/c1-19-16(10-4-5-11-20-12-6-7-13-20)18-15-9-3-2-8-14(15)17(19)21/h2-5,8-11H,6-7,12-13H2,1H3. The minimum Gasteiger partial charge on any atom is -0.377 e. The second-order valence-corrected chi connectivity index (χ2v) is 5.30. The average molecular weight is 281 g/mol. The van der Waals surface area contributed by atoms with Gasteiger partial charge in [-0.1, -0.05) is 18.2 Å². The third-order valence-corrected chi connectivity index (χ3v) is 3.81. The molecule has 4 nitrogen and oxygen atoms in total. The summed E-state index contributed by atoms with van der Waals surface area (Å²) >= 11 is 0. The zero-order valence-electron chi connectivity index (χ0n) is 12.2. The zero-order chi connectivity index (χ0) is 14.7. The highest BCUT2D eigenvalue weighted by Gasteiger charge is 2.06. The molecular formula is C17H19N3O. The van der Waals surface area contributed by atoms with Crippen LogP contribution >= 0.6 is 0 Å². The van der Waals surface area contributed by atoms with Crippen molar-refractivity contribution in [3.63, 3.8) is 0 Å². The molecule has 0 aliphatic carbocycles. The van der Waals surface area contributed by atoms with Gasteiger partial charge in [0.1, 0.15) is 5.82 Å². The first kappa shape index (κ1) is 13.6. The van der Waals surface area contributed by atoms with Crippen LogP contribution in [0.1, 0.15) is 18.7 Å². The first-order valence-corrected chi connectivity index (χ1v) is 7.30. The minimum atomic E-state index is -0.0104. The maximum atomic E-state index is 12.3. The highest BCUT2D eigenvalue weighted by molar-refractivity contribution is 5.78. The van der Waals surface area contributed by atoms with Gasteiger partial charge in [0.05, 0.1) is 10.9 Å². The van der Waals surface area contributed by atoms with E-state index in [0.29, 0.717) is 11.2 Å². The van der Waals surface area contributed by atoms with Crippen molar-refractivity contribution < 1.29 is 0 Å². The summed E-state index contributed by atoms with van der Waals surface area (Å²) in [6.07, 6.45) is 10.5. The van der Waals surface area contributed by atoms with Crippen LogP contribution in [-0.2, 0) is 7.05 Å². The summed E-state index contributed by atoms with van der Waals surface area (Å²) in [5.74, 6) is 0.671. The number of nitrogens with zero attached hydrogens (tertiary/aromatic N) is 3. The van der Waals surface area contributed by atoms with Crippen LogP contribution in [0.5, 0.6) is 0 Å². The summed E-state index contributed by atoms with van der Waals surface area (Å²) in [6.45, 7) is 2.27. The molecular weight excluding hydrogens is 262 g/mol. The van der Waals surface area contributed by atoms with Gasteiger partial charge in [-0.05, 0) is 43.3 Å². The Kier molecular flexibility index (Phi) is 3.86. The fourth-order valence-corrected chi connectivity index (χ4v) is 2.59. The van der Waals surface area contributed by atoms with Crippen molar-refractivity contribution in [2.24, 2.45) is 7.05 Å². The predicted octanol–water partition coefficient (Wildman–Crippen LogP) is 2.56. The third kappa shape index (κ3) is 2.89. The van der Waals surface area contributed by atoms with Crippen LogP contribution in [0.15, 0.2) is 47.4 Å². The molecule has 2 aromatic rings. The Bertz CT molecular complexity index is 752. The second-order valence-electron chi connectivity index (χ2n) is 5.30. The molecule has 0 saturated carbocycles. The van der Waals surface area contributed by atoms with Crippen LogP contribution in [0, 0.1) is 0 Å². The lowest BCUT2D eigenvalue weighted by Crippen LogP contribution is -2.20. The van der Waals surface area contributed by atoms with Gasteiger partial charge in [0, 0.05) is 20.1 Å². The Hall–Kier alpha value is -2.36. The van der Waals surface area contributed by atoms with Crippen LogP contribution in [0.4, 0.5) is 0 Å². The number of hydrogen-bond donors (Lipinski definition) is 0. The van der Waals surface area contributed by atoms with Gasteiger partial charge in [0.25, 0.3) is 5.56 Å². The maximum absolute atomic E-state index is 12.3. The van der Waals surface area contributed by atoms with Gasteiger partial charge in [-0.2, -0.15) is 0 Å². The zero-order valence-corrected chi connectivity index (χ0v) is 12.2. The van der Waals surface area contributed by atoms with Crippen LogP contribution in [-0.4, -0.2) is 27.5 Å². The topological polar surface area (TPSA) is 38.1 Å². The quantitative estimate of drug-likeness (QED) is 0.812. The highest BCUT2D eigenvalue weighted by atomic mass is 16.1. The Morgan fingerprint density at radius 3 is 2.71 bits per heavy atom. The Morgan fingerprint density at radius 2 is 1.90 bits per heavy atom. The monoisotopic (exact) mass is 281 g/mol. The van der Waals surface area contributed by atoms with Gasteiger partial charge in [0.2, 0.25) is 0 Å². The summed E-state index contributed by atoms with van der Waals surface area (Å²) in [7, 11) is 1.76. The molecule has 0 bridgehead atoms. The van der Waals surface area contributed by atoms with Gasteiger partial charge in [-0.15, -0.1) is 0 Å². The first-order valence-electron chi connectivity index (χ1n) is 7.30. The van der Waals surface area contributed by atoms with Crippen LogP contribution in [0.2, 0.25) is 0 Å². The molecule has 1 fully saturated rings. The van der Waals surface area contributed by atoms with Gasteiger partial charge < -0.3 is 4.90 Å². The van der Waals surface area contributed by atoms with E-state index in [9.17, 15) is 4.79 Å². The highest BCUT2D eigenvalue weighted by Crippen LogP contribution is 2.09. The third-order valence-electron chi connectivity index (χ3n) is 3.81. The van der Waals surface area contributed by atoms with E-state index in [1.807, 2.05) is 42.5 Å². The van der Waals surface area contributed by atoms with Crippen LogP contribution < -0.4 is 5.56 Å². The largest absolute Gasteiger partial charge is 0.377 e. The van der Waals surface area contributed by atoms with Crippen molar-refractivity contribution in [2.75, 3.05) is 13.1 Å². The van der Waals surface area contributed by atoms with E-state index in [2.05, 4.69) is 16.1 Å². The summed E-state index contributed by atoms with van der Waals surface area (Å²) in [6, 6.07) is 7.44. The van der Waals surface area contributed by atoms with Gasteiger partial charge in [-0.3, -0.25) is 9.36 Å². The molecule has 1 aliphatic heterocycles. The van der Waals surface area contributed by atoms with Crippen LogP contribution in [0.25, 0.3) is 17.0 Å².